The molecule has 0 atom stereocenters. The molecule has 1 aliphatic heterocycles. The second-order valence-corrected chi connectivity index (χ2v) is 8.41. The van der Waals surface area contributed by atoms with Crippen LogP contribution in [0.5, 0.6) is 0 Å². The lowest BCUT2D eigenvalue weighted by atomic mass is 9.91. The summed E-state index contributed by atoms with van der Waals surface area (Å²) in [5, 5.41) is 13.0. The third kappa shape index (κ3) is 4.11. The SMILES string of the molecule is CO[C@H]1CC[C@H](N2CC(=O)Nc3ncc(-c4ccc(C(C)(C)O)cc4)nc32)CC1. The first kappa shape index (κ1) is 19.8. The van der Waals surface area contributed by atoms with Crippen molar-refractivity contribution in [3.8, 4) is 11.3 Å². The van der Waals surface area contributed by atoms with Crippen LogP contribution in [-0.4, -0.2) is 46.8 Å². The number of aromatic nitrogens is 2. The highest BCUT2D eigenvalue weighted by Gasteiger charge is 2.33. The Bertz CT molecular complexity index is 884. The molecule has 2 aromatic rings. The monoisotopic (exact) mass is 396 g/mol. The Balaban J connectivity index is 1.63. The van der Waals surface area contributed by atoms with Gasteiger partial charge in [-0.2, -0.15) is 0 Å². The molecule has 1 saturated carbocycles. The lowest BCUT2D eigenvalue weighted by molar-refractivity contribution is -0.115. The summed E-state index contributed by atoms with van der Waals surface area (Å²) >= 11 is 0. The maximum Gasteiger partial charge on any atom is 0.245 e. The van der Waals surface area contributed by atoms with Crippen LogP contribution in [0.25, 0.3) is 11.3 Å². The molecule has 2 aliphatic rings. The number of nitrogens with zero attached hydrogens (tertiary/aromatic N) is 3. The minimum Gasteiger partial charge on any atom is -0.386 e. The molecule has 154 valence electrons. The zero-order chi connectivity index (χ0) is 20.6. The van der Waals surface area contributed by atoms with Crippen LogP contribution >= 0.6 is 0 Å². The summed E-state index contributed by atoms with van der Waals surface area (Å²) in [5.74, 6) is 1.20. The zero-order valence-electron chi connectivity index (χ0n) is 17.2. The highest BCUT2D eigenvalue weighted by Crippen LogP contribution is 2.34. The molecule has 7 nitrogen and oxygen atoms in total. The number of rotatable bonds is 4. The van der Waals surface area contributed by atoms with E-state index in [-0.39, 0.29) is 11.9 Å². The summed E-state index contributed by atoms with van der Waals surface area (Å²) in [6, 6.07) is 7.95. The molecule has 1 fully saturated rings. The van der Waals surface area contributed by atoms with E-state index in [1.54, 1.807) is 27.2 Å². The molecule has 0 spiro atoms. The minimum atomic E-state index is -0.887. The quantitative estimate of drug-likeness (QED) is 0.826. The molecule has 2 N–H and O–H groups in total. The van der Waals surface area contributed by atoms with Crippen molar-refractivity contribution in [3.05, 3.63) is 36.0 Å². The third-order valence-electron chi connectivity index (χ3n) is 5.90. The van der Waals surface area contributed by atoms with Gasteiger partial charge in [0.2, 0.25) is 5.91 Å². The van der Waals surface area contributed by atoms with Crippen LogP contribution in [0.3, 0.4) is 0 Å². The van der Waals surface area contributed by atoms with Crippen molar-refractivity contribution in [3.63, 3.8) is 0 Å². The summed E-state index contributed by atoms with van der Waals surface area (Å²) < 4.78 is 5.48. The molecule has 0 bridgehead atoms. The number of ether oxygens (including phenoxy) is 1. The van der Waals surface area contributed by atoms with Crippen molar-refractivity contribution in [2.75, 3.05) is 23.9 Å². The molecule has 7 heteroatoms. The van der Waals surface area contributed by atoms with Crippen molar-refractivity contribution in [1.82, 2.24) is 9.97 Å². The van der Waals surface area contributed by atoms with Crippen LogP contribution in [0.15, 0.2) is 30.5 Å². The third-order valence-corrected chi connectivity index (χ3v) is 5.90. The Labute approximate surface area is 171 Å². The van der Waals surface area contributed by atoms with Gasteiger partial charge in [-0.3, -0.25) is 4.79 Å². The number of fused-ring (bicyclic) bond motifs is 1. The fourth-order valence-corrected chi connectivity index (χ4v) is 4.15. The van der Waals surface area contributed by atoms with E-state index < -0.39 is 5.60 Å². The molecule has 0 radical (unpaired) electrons. The summed E-state index contributed by atoms with van der Waals surface area (Å²) in [5.41, 5.74) is 1.63. The van der Waals surface area contributed by atoms with Gasteiger partial charge in [-0.05, 0) is 45.1 Å². The minimum absolute atomic E-state index is 0.0528. The van der Waals surface area contributed by atoms with Gasteiger partial charge in [0, 0.05) is 18.7 Å². The highest BCUT2D eigenvalue weighted by molar-refractivity contribution is 5.99. The van der Waals surface area contributed by atoms with E-state index in [0.717, 1.165) is 48.3 Å². The summed E-state index contributed by atoms with van der Waals surface area (Å²) in [6.45, 7) is 3.82. The molecule has 29 heavy (non-hydrogen) atoms. The Morgan fingerprint density at radius 2 is 1.86 bits per heavy atom. The van der Waals surface area contributed by atoms with Gasteiger partial charge in [0.1, 0.15) is 0 Å². The molecule has 0 unspecified atom stereocenters. The topological polar surface area (TPSA) is 87.6 Å². The van der Waals surface area contributed by atoms with Gasteiger partial charge in [0.25, 0.3) is 0 Å². The molecule has 1 amide bonds. The maximum absolute atomic E-state index is 12.2. The number of amides is 1. The van der Waals surface area contributed by atoms with E-state index in [1.165, 1.54) is 0 Å². The number of anilines is 2. The Morgan fingerprint density at radius 1 is 1.17 bits per heavy atom. The molecule has 1 aliphatic carbocycles. The van der Waals surface area contributed by atoms with Gasteiger partial charge >= 0.3 is 0 Å². The molecular weight excluding hydrogens is 368 g/mol. The van der Waals surface area contributed by atoms with Crippen LogP contribution in [0.2, 0.25) is 0 Å². The van der Waals surface area contributed by atoms with Crippen molar-refractivity contribution >= 4 is 17.5 Å². The number of methoxy groups -OCH3 is 1. The zero-order valence-corrected chi connectivity index (χ0v) is 17.2. The summed E-state index contributed by atoms with van der Waals surface area (Å²) in [7, 11) is 1.76. The smallest absolute Gasteiger partial charge is 0.245 e. The van der Waals surface area contributed by atoms with E-state index in [2.05, 4.69) is 15.2 Å². The number of hydrogen-bond donors (Lipinski definition) is 2. The second kappa shape index (κ2) is 7.72. The first-order chi connectivity index (χ1) is 13.8. The largest absolute Gasteiger partial charge is 0.386 e. The lowest BCUT2D eigenvalue weighted by Gasteiger charge is -2.39. The van der Waals surface area contributed by atoms with Gasteiger partial charge in [-0.1, -0.05) is 24.3 Å². The van der Waals surface area contributed by atoms with Gasteiger partial charge in [-0.25, -0.2) is 9.97 Å². The maximum atomic E-state index is 12.2. The van der Waals surface area contributed by atoms with Gasteiger partial charge in [0.15, 0.2) is 11.6 Å². The number of aliphatic hydroxyl groups is 1. The predicted molar refractivity (Wildman–Crippen MR) is 112 cm³/mol. The predicted octanol–water partition coefficient (Wildman–Crippen LogP) is 3.09. The lowest BCUT2D eigenvalue weighted by Crippen LogP contribution is -2.47. The van der Waals surface area contributed by atoms with Crippen molar-refractivity contribution in [2.45, 2.75) is 57.3 Å². The van der Waals surface area contributed by atoms with Crippen molar-refractivity contribution < 1.29 is 14.6 Å². The van der Waals surface area contributed by atoms with E-state index in [1.807, 2.05) is 24.3 Å². The standard InChI is InChI=1S/C22H28N4O3/c1-22(2,28)15-6-4-14(5-7-15)18-12-23-20-21(24-18)26(13-19(27)25-20)16-8-10-17(29-3)11-9-16/h4-7,12,16-17,28H,8-11,13H2,1-3H3,(H,23,25,27)/t16-,17-. The molecule has 0 saturated heterocycles. The molecular formula is C22H28N4O3. The van der Waals surface area contributed by atoms with Gasteiger partial charge in [0.05, 0.1) is 30.1 Å². The fraction of sp³-hybridized carbons (Fsp3) is 0.500. The number of benzene rings is 1. The van der Waals surface area contributed by atoms with Crippen LogP contribution in [0.1, 0.15) is 45.1 Å². The number of carbonyl (C=O) groups is 1. The van der Waals surface area contributed by atoms with Crippen molar-refractivity contribution in [2.24, 2.45) is 0 Å². The first-order valence-electron chi connectivity index (χ1n) is 10.1. The van der Waals surface area contributed by atoms with E-state index in [4.69, 9.17) is 9.72 Å². The van der Waals surface area contributed by atoms with Crippen LogP contribution in [0, 0.1) is 0 Å². The molecule has 2 heterocycles. The van der Waals surface area contributed by atoms with E-state index in [0.29, 0.717) is 18.5 Å². The summed E-state index contributed by atoms with van der Waals surface area (Å²) in [6.07, 6.45) is 5.90. The number of hydrogen-bond acceptors (Lipinski definition) is 6. The normalized spacial score (nSPS) is 22.2. The van der Waals surface area contributed by atoms with Crippen LogP contribution in [-0.2, 0) is 15.1 Å². The molecule has 1 aromatic carbocycles. The number of nitrogens with one attached hydrogen (secondary N) is 1. The summed E-state index contributed by atoms with van der Waals surface area (Å²) in [4.78, 5) is 23.7. The first-order valence-corrected chi connectivity index (χ1v) is 10.1. The molecule has 1 aromatic heterocycles. The average molecular weight is 396 g/mol. The van der Waals surface area contributed by atoms with Crippen LogP contribution < -0.4 is 10.2 Å². The van der Waals surface area contributed by atoms with Crippen LogP contribution in [0.4, 0.5) is 11.6 Å². The average Bonchev–Trinajstić information content (AvgIpc) is 2.72. The number of carbonyl (C=O) groups excluding carboxylic acids is 1. The Hall–Kier alpha value is -2.51. The Morgan fingerprint density at radius 3 is 2.48 bits per heavy atom. The Kier molecular flexibility index (Phi) is 5.27. The van der Waals surface area contributed by atoms with E-state index in [9.17, 15) is 9.90 Å². The van der Waals surface area contributed by atoms with Gasteiger partial charge in [-0.15, -0.1) is 0 Å². The molecule has 4 rings (SSSR count). The second-order valence-electron chi connectivity index (χ2n) is 8.41. The van der Waals surface area contributed by atoms with E-state index >= 15 is 0 Å². The fourth-order valence-electron chi connectivity index (χ4n) is 4.15. The highest BCUT2D eigenvalue weighted by atomic mass is 16.5. The van der Waals surface area contributed by atoms with Crippen molar-refractivity contribution in [1.29, 1.82) is 0 Å². The van der Waals surface area contributed by atoms with Gasteiger partial charge < -0.3 is 20.1 Å².